The van der Waals surface area contributed by atoms with Crippen LogP contribution in [0.4, 0.5) is 16.2 Å². The average Bonchev–Trinajstić information content (AvgIpc) is 2.61. The van der Waals surface area contributed by atoms with Crippen molar-refractivity contribution in [1.82, 2.24) is 0 Å². The highest BCUT2D eigenvalue weighted by molar-refractivity contribution is 8.14. The first-order chi connectivity index (χ1) is 11.7. The molecule has 1 aliphatic rings. The van der Waals surface area contributed by atoms with E-state index in [0.29, 0.717) is 5.02 Å². The second-order valence-corrected chi connectivity index (χ2v) is 7.74. The largest absolute Gasteiger partial charge is 0.295 e. The van der Waals surface area contributed by atoms with Crippen molar-refractivity contribution in [2.45, 2.75) is 14.7 Å². The van der Waals surface area contributed by atoms with Crippen LogP contribution in [0.3, 0.4) is 0 Å². The van der Waals surface area contributed by atoms with Crippen molar-refractivity contribution in [3.05, 3.63) is 77.8 Å². The molecule has 3 aromatic carbocycles. The van der Waals surface area contributed by atoms with E-state index in [1.165, 1.54) is 11.8 Å². The molecular weight excluding hydrogens is 358 g/mol. The van der Waals surface area contributed by atoms with E-state index < -0.39 is 0 Å². The number of thioether (sulfide) groups is 1. The maximum atomic E-state index is 13.0. The molecule has 0 unspecified atom stereocenters. The van der Waals surface area contributed by atoms with Gasteiger partial charge >= 0.3 is 0 Å². The standard InChI is InChI=1S/C19H12ClNOS2/c20-13-9-11-14(12-10-13)23-19(22)21-15-5-1-3-7-17(15)24-18-8-4-2-6-16(18)21/h1-12H. The highest BCUT2D eigenvalue weighted by atomic mass is 35.5. The van der Waals surface area contributed by atoms with Gasteiger partial charge in [-0.3, -0.25) is 9.69 Å². The Morgan fingerprint density at radius 2 is 1.38 bits per heavy atom. The van der Waals surface area contributed by atoms with Gasteiger partial charge in [0, 0.05) is 19.7 Å². The van der Waals surface area contributed by atoms with Crippen LogP contribution in [0.25, 0.3) is 0 Å². The summed E-state index contributed by atoms with van der Waals surface area (Å²) in [6.07, 6.45) is 0. The van der Waals surface area contributed by atoms with Gasteiger partial charge in [0.1, 0.15) is 0 Å². The van der Waals surface area contributed by atoms with E-state index in [1.54, 1.807) is 28.8 Å². The molecule has 0 N–H and O–H groups in total. The molecule has 0 saturated heterocycles. The maximum Gasteiger partial charge on any atom is 0.295 e. The first-order valence-corrected chi connectivity index (χ1v) is 9.37. The Labute approximate surface area is 153 Å². The number of rotatable bonds is 1. The van der Waals surface area contributed by atoms with Crippen LogP contribution in [0.1, 0.15) is 0 Å². The molecule has 0 spiro atoms. The monoisotopic (exact) mass is 369 g/mol. The minimum Gasteiger partial charge on any atom is -0.269 e. The molecule has 0 fully saturated rings. The number of hydrogen-bond donors (Lipinski definition) is 0. The highest BCUT2D eigenvalue weighted by Gasteiger charge is 2.28. The van der Waals surface area contributed by atoms with Crippen LogP contribution in [0.5, 0.6) is 0 Å². The zero-order valence-electron chi connectivity index (χ0n) is 12.5. The summed E-state index contributed by atoms with van der Waals surface area (Å²) in [4.78, 5) is 17.9. The van der Waals surface area contributed by atoms with Gasteiger partial charge in [0.05, 0.1) is 11.4 Å². The normalized spacial score (nSPS) is 12.5. The van der Waals surface area contributed by atoms with E-state index in [4.69, 9.17) is 11.6 Å². The summed E-state index contributed by atoms with van der Waals surface area (Å²) in [5.74, 6) is 0. The Morgan fingerprint density at radius 1 is 0.833 bits per heavy atom. The van der Waals surface area contributed by atoms with Crippen LogP contribution in [-0.2, 0) is 0 Å². The fourth-order valence-corrected chi connectivity index (χ4v) is 4.50. The van der Waals surface area contributed by atoms with E-state index in [-0.39, 0.29) is 5.24 Å². The molecule has 4 rings (SSSR count). The first kappa shape index (κ1) is 15.6. The third kappa shape index (κ3) is 2.93. The number of anilines is 2. The van der Waals surface area contributed by atoms with Gasteiger partial charge in [-0.2, -0.15) is 0 Å². The van der Waals surface area contributed by atoms with Gasteiger partial charge in [-0.05, 0) is 60.3 Å². The van der Waals surface area contributed by atoms with Gasteiger partial charge in [-0.25, -0.2) is 0 Å². The Morgan fingerprint density at radius 3 is 1.96 bits per heavy atom. The predicted molar refractivity (Wildman–Crippen MR) is 102 cm³/mol. The van der Waals surface area contributed by atoms with Gasteiger partial charge in [0.2, 0.25) is 0 Å². The lowest BCUT2D eigenvalue weighted by atomic mass is 10.2. The smallest absolute Gasteiger partial charge is 0.269 e. The number of benzene rings is 3. The Hall–Kier alpha value is -1.88. The summed E-state index contributed by atoms with van der Waals surface area (Å²) in [7, 11) is 0. The minimum absolute atomic E-state index is 0.0301. The number of halogens is 1. The topological polar surface area (TPSA) is 20.3 Å². The quantitative estimate of drug-likeness (QED) is 0.437. The van der Waals surface area contributed by atoms with Crippen LogP contribution >= 0.6 is 35.1 Å². The third-order valence-corrected chi connectivity index (χ3v) is 5.88. The van der Waals surface area contributed by atoms with Gasteiger partial charge in [0.15, 0.2) is 0 Å². The molecule has 3 aromatic rings. The minimum atomic E-state index is -0.0301. The molecule has 0 aliphatic carbocycles. The molecular formula is C19H12ClNOS2. The second-order valence-electron chi connectivity index (χ2n) is 5.19. The summed E-state index contributed by atoms with van der Waals surface area (Å²) in [5, 5.41) is 0.634. The number of hydrogen-bond acceptors (Lipinski definition) is 3. The summed E-state index contributed by atoms with van der Waals surface area (Å²) in [5.41, 5.74) is 1.85. The van der Waals surface area contributed by atoms with Crippen LogP contribution in [-0.4, -0.2) is 5.24 Å². The maximum absolute atomic E-state index is 13.0. The molecule has 24 heavy (non-hydrogen) atoms. The molecule has 1 aliphatic heterocycles. The second kappa shape index (κ2) is 6.55. The fourth-order valence-electron chi connectivity index (χ4n) is 2.55. The Bertz CT molecular complexity index is 866. The van der Waals surface area contributed by atoms with Crippen molar-refractivity contribution in [1.29, 1.82) is 0 Å². The number of fused-ring (bicyclic) bond motifs is 2. The predicted octanol–water partition coefficient (Wildman–Crippen LogP) is 6.86. The van der Waals surface area contributed by atoms with Crippen LogP contribution in [0.15, 0.2) is 87.5 Å². The average molecular weight is 370 g/mol. The van der Waals surface area contributed by atoms with Crippen molar-refractivity contribution in [3.8, 4) is 0 Å². The van der Waals surface area contributed by atoms with E-state index in [0.717, 1.165) is 26.1 Å². The van der Waals surface area contributed by atoms with Gasteiger partial charge in [-0.15, -0.1) is 0 Å². The van der Waals surface area contributed by atoms with Crippen LogP contribution < -0.4 is 4.90 Å². The number of amides is 1. The van der Waals surface area contributed by atoms with Crippen LogP contribution in [0, 0.1) is 0 Å². The van der Waals surface area contributed by atoms with Gasteiger partial charge < -0.3 is 0 Å². The molecule has 5 heteroatoms. The van der Waals surface area contributed by atoms with Crippen molar-refractivity contribution in [3.63, 3.8) is 0 Å². The Balaban J connectivity index is 1.74. The van der Waals surface area contributed by atoms with E-state index in [1.807, 2.05) is 60.7 Å². The summed E-state index contributed by atoms with van der Waals surface area (Å²) in [6.45, 7) is 0. The molecule has 0 radical (unpaired) electrons. The van der Waals surface area contributed by atoms with Crippen molar-refractivity contribution in [2.75, 3.05) is 4.90 Å². The van der Waals surface area contributed by atoms with Gasteiger partial charge in [0.25, 0.3) is 5.24 Å². The number of para-hydroxylation sites is 2. The van der Waals surface area contributed by atoms with Crippen molar-refractivity contribution < 1.29 is 4.79 Å². The van der Waals surface area contributed by atoms with E-state index >= 15 is 0 Å². The summed E-state index contributed by atoms with van der Waals surface area (Å²) >= 11 is 8.82. The fraction of sp³-hybridized carbons (Fsp3) is 0. The number of carbonyl (C=O) groups is 1. The molecule has 0 bridgehead atoms. The number of carbonyl (C=O) groups excluding carboxylic acids is 1. The molecule has 0 aromatic heterocycles. The Kier molecular flexibility index (Phi) is 4.27. The molecule has 2 nitrogen and oxygen atoms in total. The summed E-state index contributed by atoms with van der Waals surface area (Å²) < 4.78 is 0. The third-order valence-electron chi connectivity index (χ3n) is 3.63. The lowest BCUT2D eigenvalue weighted by Crippen LogP contribution is -2.24. The van der Waals surface area contributed by atoms with Crippen LogP contribution in [0.2, 0.25) is 5.02 Å². The molecule has 118 valence electrons. The van der Waals surface area contributed by atoms with Crippen molar-refractivity contribution >= 4 is 51.7 Å². The lowest BCUT2D eigenvalue weighted by Gasteiger charge is -2.30. The van der Waals surface area contributed by atoms with Gasteiger partial charge in [-0.1, -0.05) is 47.6 Å². The summed E-state index contributed by atoms with van der Waals surface area (Å²) in [6, 6.07) is 23.3. The lowest BCUT2D eigenvalue weighted by molar-refractivity contribution is 0.266. The van der Waals surface area contributed by atoms with Crippen molar-refractivity contribution in [2.24, 2.45) is 0 Å². The SMILES string of the molecule is O=C(Sc1ccc(Cl)cc1)N1c2ccccc2Sc2ccccc21. The molecule has 1 heterocycles. The first-order valence-electron chi connectivity index (χ1n) is 7.36. The number of nitrogens with zero attached hydrogens (tertiary/aromatic N) is 1. The zero-order chi connectivity index (χ0) is 16.5. The van der Waals surface area contributed by atoms with E-state index in [9.17, 15) is 4.79 Å². The molecule has 0 saturated carbocycles. The van der Waals surface area contributed by atoms with E-state index in [2.05, 4.69) is 0 Å². The molecule has 0 atom stereocenters. The highest BCUT2D eigenvalue weighted by Crippen LogP contribution is 2.49. The molecule has 1 amide bonds. The zero-order valence-corrected chi connectivity index (χ0v) is 14.9.